The minimum atomic E-state index is -3.80. The third kappa shape index (κ3) is 3.74. The molecule has 1 unspecified atom stereocenters. The van der Waals surface area contributed by atoms with Crippen LogP contribution in [0.25, 0.3) is 21.8 Å². The normalized spacial score (nSPS) is 13.2. The van der Waals surface area contributed by atoms with Crippen LogP contribution in [0.5, 0.6) is 5.75 Å². The average molecular weight is 409 g/mol. The summed E-state index contributed by atoms with van der Waals surface area (Å²) in [6, 6.07) is 17.2. The second-order valence-electron chi connectivity index (χ2n) is 7.52. The maximum atomic E-state index is 15.0. The fraction of sp³-hybridized carbons (Fsp3) is 0.182. The van der Waals surface area contributed by atoms with Crippen LogP contribution < -0.4 is 5.46 Å². The first kappa shape index (κ1) is 19.5. The van der Waals surface area contributed by atoms with Crippen molar-refractivity contribution in [1.29, 1.82) is 0 Å². The summed E-state index contributed by atoms with van der Waals surface area (Å²) in [5, 5.41) is 11.4. The van der Waals surface area contributed by atoms with Crippen LogP contribution in [-0.2, 0) is 16.4 Å². The van der Waals surface area contributed by atoms with Crippen molar-refractivity contribution in [2.75, 3.05) is 5.75 Å². The van der Waals surface area contributed by atoms with Crippen molar-refractivity contribution in [3.63, 3.8) is 0 Å². The van der Waals surface area contributed by atoms with E-state index in [4.69, 9.17) is 0 Å². The maximum Gasteiger partial charge on any atom is 0.181 e. The summed E-state index contributed by atoms with van der Waals surface area (Å²) in [5.74, 6) is -0.645. The lowest BCUT2D eigenvalue weighted by molar-refractivity contribution is 0.328. The second-order valence-corrected chi connectivity index (χ2v) is 9.56. The highest BCUT2D eigenvalue weighted by Gasteiger charge is 2.23. The number of aryl methyl sites for hydroxylation is 1. The Labute approximate surface area is 169 Å². The van der Waals surface area contributed by atoms with Gasteiger partial charge >= 0.3 is 0 Å². The molecule has 0 fully saturated rings. The molecule has 0 amide bonds. The molecular formula is C22H21BFNO3S. The number of sulfone groups is 1. The van der Waals surface area contributed by atoms with Crippen LogP contribution in [0.4, 0.5) is 4.39 Å². The van der Waals surface area contributed by atoms with E-state index in [-0.39, 0.29) is 17.2 Å². The Kier molecular flexibility index (Phi) is 4.86. The van der Waals surface area contributed by atoms with Gasteiger partial charge in [-0.2, -0.15) is 0 Å². The van der Waals surface area contributed by atoms with Gasteiger partial charge in [-0.1, -0.05) is 29.2 Å². The summed E-state index contributed by atoms with van der Waals surface area (Å²) in [6.45, 7) is 1.96. The summed E-state index contributed by atoms with van der Waals surface area (Å²) in [4.78, 5) is 0.00595. The maximum absolute atomic E-state index is 15.0. The van der Waals surface area contributed by atoms with Crippen LogP contribution in [0, 0.1) is 6.92 Å². The van der Waals surface area contributed by atoms with Gasteiger partial charge in [-0.25, -0.2) is 12.8 Å². The zero-order valence-corrected chi connectivity index (χ0v) is 17.1. The van der Waals surface area contributed by atoms with Crippen molar-refractivity contribution >= 4 is 45.0 Å². The number of benzene rings is 3. The van der Waals surface area contributed by atoms with Crippen molar-refractivity contribution in [3.05, 3.63) is 66.2 Å². The third-order valence-electron chi connectivity index (χ3n) is 5.15. The number of hydrogen-bond donors (Lipinski definition) is 1. The van der Waals surface area contributed by atoms with Crippen LogP contribution >= 0.6 is 0 Å². The zero-order chi connectivity index (χ0) is 20.8. The Bertz CT molecular complexity index is 1250. The zero-order valence-electron chi connectivity index (χ0n) is 16.3. The number of rotatable bonds is 5. The van der Waals surface area contributed by atoms with Crippen LogP contribution in [0.1, 0.15) is 5.56 Å². The predicted molar refractivity (Wildman–Crippen MR) is 117 cm³/mol. The Hall–Kier alpha value is -2.80. The molecule has 29 heavy (non-hydrogen) atoms. The molecule has 0 radical (unpaired) electrons. The number of aromatic nitrogens is 1. The highest BCUT2D eigenvalue weighted by Crippen LogP contribution is 2.30. The van der Waals surface area contributed by atoms with Crippen LogP contribution in [0.2, 0.25) is 0 Å². The van der Waals surface area contributed by atoms with Crippen LogP contribution in [-0.4, -0.2) is 37.9 Å². The first-order chi connectivity index (χ1) is 13.7. The lowest BCUT2D eigenvalue weighted by Crippen LogP contribution is -2.22. The van der Waals surface area contributed by atoms with Crippen molar-refractivity contribution in [2.45, 2.75) is 24.5 Å². The van der Waals surface area contributed by atoms with Crippen LogP contribution in [0.15, 0.2) is 65.6 Å². The first-order valence-corrected chi connectivity index (χ1v) is 11.0. The van der Waals surface area contributed by atoms with Crippen molar-refractivity contribution in [2.24, 2.45) is 0 Å². The molecular weight excluding hydrogens is 388 g/mol. The molecule has 7 heteroatoms. The number of fused-ring (bicyclic) bond motifs is 3. The smallest absolute Gasteiger partial charge is 0.181 e. The Morgan fingerprint density at radius 3 is 2.31 bits per heavy atom. The number of phenols is 1. The first-order valence-electron chi connectivity index (χ1n) is 9.40. The second kappa shape index (κ2) is 7.23. The Morgan fingerprint density at radius 1 is 1.00 bits per heavy atom. The molecule has 4 rings (SSSR count). The molecule has 4 nitrogen and oxygen atoms in total. The predicted octanol–water partition coefficient (Wildman–Crippen LogP) is 2.88. The number of alkyl halides is 1. The van der Waals surface area contributed by atoms with E-state index < -0.39 is 21.8 Å². The molecule has 0 saturated carbocycles. The van der Waals surface area contributed by atoms with E-state index in [0.29, 0.717) is 0 Å². The summed E-state index contributed by atoms with van der Waals surface area (Å²) >= 11 is 0. The van der Waals surface area contributed by atoms with Crippen molar-refractivity contribution in [1.82, 2.24) is 4.57 Å². The SMILES string of the molecule is Bc1ccc2c(c1)c1cc(C)ccc1n2CC(F)CS(=O)(=O)c1ccc(O)cc1. The summed E-state index contributed by atoms with van der Waals surface area (Å²) < 4.78 is 42.0. The minimum absolute atomic E-state index is 0.00595. The van der Waals surface area contributed by atoms with Gasteiger partial charge < -0.3 is 9.67 Å². The molecule has 148 valence electrons. The lowest BCUT2D eigenvalue weighted by Gasteiger charge is -2.13. The largest absolute Gasteiger partial charge is 0.508 e. The molecule has 3 aromatic carbocycles. The van der Waals surface area contributed by atoms with Gasteiger partial charge in [-0.3, -0.25) is 0 Å². The molecule has 0 aliphatic rings. The molecule has 1 N–H and O–H groups in total. The molecule has 1 aromatic heterocycles. The van der Waals surface area contributed by atoms with Gasteiger partial charge in [0.05, 0.1) is 17.2 Å². The van der Waals surface area contributed by atoms with Gasteiger partial charge in [0.2, 0.25) is 0 Å². The lowest BCUT2D eigenvalue weighted by atomic mass is 9.94. The molecule has 1 atom stereocenters. The minimum Gasteiger partial charge on any atom is -0.508 e. The van der Waals surface area contributed by atoms with Gasteiger partial charge in [-0.15, -0.1) is 0 Å². The monoisotopic (exact) mass is 409 g/mol. The molecule has 4 aromatic rings. The van der Waals surface area contributed by atoms with Gasteiger partial charge in [0.1, 0.15) is 19.8 Å². The highest BCUT2D eigenvalue weighted by molar-refractivity contribution is 7.91. The fourth-order valence-corrected chi connectivity index (χ4v) is 5.09. The number of hydrogen-bond acceptors (Lipinski definition) is 3. The van der Waals surface area contributed by atoms with Crippen molar-refractivity contribution in [3.8, 4) is 5.75 Å². The molecule has 0 bridgehead atoms. The summed E-state index contributed by atoms with van der Waals surface area (Å²) in [6.07, 6.45) is -1.57. The van der Waals surface area contributed by atoms with E-state index in [9.17, 15) is 17.9 Å². The topological polar surface area (TPSA) is 59.3 Å². The molecule has 0 saturated heterocycles. The molecule has 0 aliphatic heterocycles. The van der Waals surface area contributed by atoms with Gasteiger partial charge in [0.25, 0.3) is 0 Å². The molecule has 0 spiro atoms. The van der Waals surface area contributed by atoms with Gasteiger partial charge in [0.15, 0.2) is 9.84 Å². The Balaban J connectivity index is 1.70. The standard InChI is InChI=1S/C22H21BFNO3S/c1-14-2-8-21-19(10-14)20-11-15(23)3-9-22(20)25(21)12-16(24)13-29(27,28)18-6-4-17(26)5-7-18/h2-11,16,26H,12-13,23H2,1H3. The average Bonchev–Trinajstić information content (AvgIpc) is 2.94. The van der Waals surface area contributed by atoms with E-state index in [0.717, 1.165) is 32.8 Å². The number of nitrogens with zero attached hydrogens (tertiary/aromatic N) is 1. The molecule has 1 heterocycles. The molecule has 0 aliphatic carbocycles. The van der Waals surface area contributed by atoms with E-state index in [2.05, 4.69) is 12.1 Å². The number of halogens is 1. The quantitative estimate of drug-likeness (QED) is 0.516. The van der Waals surface area contributed by atoms with Crippen LogP contribution in [0.3, 0.4) is 0 Å². The van der Waals surface area contributed by atoms with E-state index >= 15 is 0 Å². The van der Waals surface area contributed by atoms with Crippen molar-refractivity contribution < 1.29 is 17.9 Å². The van der Waals surface area contributed by atoms with E-state index in [1.54, 1.807) is 0 Å². The summed E-state index contributed by atoms with van der Waals surface area (Å²) in [7, 11) is -1.78. The van der Waals surface area contributed by atoms with E-state index in [1.165, 1.54) is 24.3 Å². The Morgan fingerprint density at radius 2 is 1.62 bits per heavy atom. The van der Waals surface area contributed by atoms with Gasteiger partial charge in [-0.05, 0) is 49.4 Å². The summed E-state index contributed by atoms with van der Waals surface area (Å²) in [5.41, 5.74) is 4.01. The van der Waals surface area contributed by atoms with E-state index in [1.807, 2.05) is 43.6 Å². The third-order valence-corrected chi connectivity index (χ3v) is 6.94. The fourth-order valence-electron chi connectivity index (χ4n) is 3.77. The highest BCUT2D eigenvalue weighted by atomic mass is 32.2. The van der Waals surface area contributed by atoms with Gasteiger partial charge in [0, 0.05) is 21.8 Å². The number of phenolic OH excluding ortho intramolecular Hbond substituents is 1. The number of aromatic hydroxyl groups is 1.